The molecule has 1 aromatic heterocycles. The van der Waals surface area contributed by atoms with E-state index in [1.54, 1.807) is 6.26 Å². The number of aryl methyl sites for hydroxylation is 1. The molecule has 0 bridgehead atoms. The Hall–Kier alpha value is -1.21. The van der Waals surface area contributed by atoms with E-state index in [0.717, 1.165) is 11.7 Å². The van der Waals surface area contributed by atoms with Gasteiger partial charge in [-0.2, -0.15) is 0 Å². The number of hydrogen-bond acceptors (Lipinski definition) is 1. The van der Waals surface area contributed by atoms with Crippen LogP contribution in [0.5, 0.6) is 0 Å². The second kappa shape index (κ2) is 9.05. The van der Waals surface area contributed by atoms with E-state index in [4.69, 9.17) is 4.42 Å². The van der Waals surface area contributed by atoms with Crippen molar-refractivity contribution in [3.05, 3.63) is 48.2 Å². The van der Waals surface area contributed by atoms with Gasteiger partial charge in [-0.25, -0.2) is 0 Å². The first-order valence-corrected chi connectivity index (χ1v) is 8.55. The van der Waals surface area contributed by atoms with Crippen LogP contribution < -0.4 is 0 Å². The van der Waals surface area contributed by atoms with E-state index in [2.05, 4.69) is 30.3 Å². The molecule has 0 amide bonds. The van der Waals surface area contributed by atoms with Gasteiger partial charge in [0.05, 0.1) is 6.26 Å². The lowest BCUT2D eigenvalue weighted by Gasteiger charge is -2.21. The van der Waals surface area contributed by atoms with Crippen LogP contribution in [0, 0.1) is 5.92 Å². The number of rotatable bonds is 6. The van der Waals surface area contributed by atoms with Crippen LogP contribution in [0.2, 0.25) is 0 Å². The van der Waals surface area contributed by atoms with E-state index in [1.165, 1.54) is 68.9 Å². The monoisotopic (exact) mass is 318 g/mol. The van der Waals surface area contributed by atoms with Gasteiger partial charge in [-0.1, -0.05) is 69.2 Å². The van der Waals surface area contributed by atoms with Gasteiger partial charge in [-0.05, 0) is 36.5 Å². The first-order valence-electron chi connectivity index (χ1n) is 8.55. The normalized spacial score (nSPS) is 15.5. The lowest BCUT2D eigenvalue weighted by Crippen LogP contribution is -2.06. The Morgan fingerprint density at radius 3 is 2.50 bits per heavy atom. The molecule has 22 heavy (non-hydrogen) atoms. The predicted molar refractivity (Wildman–Crippen MR) is 95.5 cm³/mol. The second-order valence-corrected chi connectivity index (χ2v) is 6.38. The molecule has 1 fully saturated rings. The Bertz CT molecular complexity index is 526. The summed E-state index contributed by atoms with van der Waals surface area (Å²) in [5, 5.41) is 0. The van der Waals surface area contributed by atoms with E-state index in [9.17, 15) is 0 Å². The van der Waals surface area contributed by atoms with Crippen molar-refractivity contribution in [2.45, 2.75) is 57.8 Å². The smallest absolute Gasteiger partial charge is 0.134 e. The van der Waals surface area contributed by atoms with Crippen LogP contribution >= 0.6 is 12.4 Å². The van der Waals surface area contributed by atoms with Crippen molar-refractivity contribution >= 4 is 12.4 Å². The molecule has 2 heteroatoms. The Morgan fingerprint density at radius 1 is 0.909 bits per heavy atom. The van der Waals surface area contributed by atoms with Gasteiger partial charge in [0.25, 0.3) is 0 Å². The van der Waals surface area contributed by atoms with Crippen LogP contribution in [0.15, 0.2) is 47.1 Å². The highest BCUT2D eigenvalue weighted by Gasteiger charge is 2.13. The number of unbranched alkanes of at least 4 members (excludes halogenated alkanes) is 1. The summed E-state index contributed by atoms with van der Waals surface area (Å²) in [5.74, 6) is 2.01. The summed E-state index contributed by atoms with van der Waals surface area (Å²) < 4.78 is 5.56. The van der Waals surface area contributed by atoms with Crippen molar-refractivity contribution in [1.29, 1.82) is 0 Å². The van der Waals surface area contributed by atoms with Crippen LogP contribution in [0.1, 0.15) is 56.9 Å². The summed E-state index contributed by atoms with van der Waals surface area (Å²) in [6.45, 7) is 0. The molecule has 1 nitrogen and oxygen atoms in total. The van der Waals surface area contributed by atoms with Crippen LogP contribution in [0.3, 0.4) is 0 Å². The highest BCUT2D eigenvalue weighted by molar-refractivity contribution is 5.85. The highest BCUT2D eigenvalue weighted by atomic mass is 35.5. The first-order chi connectivity index (χ1) is 10.4. The topological polar surface area (TPSA) is 13.1 Å². The van der Waals surface area contributed by atoms with Gasteiger partial charge < -0.3 is 4.42 Å². The molecule has 0 aliphatic heterocycles. The molecule has 0 saturated heterocycles. The molecule has 2 aromatic rings. The average Bonchev–Trinajstić information content (AvgIpc) is 3.07. The molecule has 3 rings (SSSR count). The van der Waals surface area contributed by atoms with Crippen molar-refractivity contribution in [1.82, 2.24) is 0 Å². The molecule has 0 radical (unpaired) electrons. The maximum absolute atomic E-state index is 5.56. The summed E-state index contributed by atoms with van der Waals surface area (Å²) in [7, 11) is 0. The summed E-state index contributed by atoms with van der Waals surface area (Å²) in [6, 6.07) is 12.7. The summed E-state index contributed by atoms with van der Waals surface area (Å²) >= 11 is 0. The first kappa shape index (κ1) is 17.1. The molecule has 0 N–H and O–H groups in total. The Morgan fingerprint density at radius 2 is 1.73 bits per heavy atom. The molecular weight excluding hydrogens is 292 g/mol. The quantitative estimate of drug-likeness (QED) is 0.543. The highest BCUT2D eigenvalue weighted by Crippen LogP contribution is 2.29. The zero-order valence-electron chi connectivity index (χ0n) is 13.3. The standard InChI is InChI=1S/C20H26O.ClH/c1-2-9-17(10-3-1)11-4-5-12-18-13-6-7-14-19(18)20-15-8-16-21-20;/h6-8,13-17H,1-5,9-12H2;1H. The third-order valence-electron chi connectivity index (χ3n) is 4.84. The van der Waals surface area contributed by atoms with Crippen molar-refractivity contribution < 1.29 is 4.42 Å². The Balaban J connectivity index is 0.00000176. The molecule has 0 unspecified atom stereocenters. The predicted octanol–water partition coefficient (Wildman–Crippen LogP) is 6.66. The molecular formula is C20H27ClO. The number of hydrogen-bond donors (Lipinski definition) is 0. The minimum absolute atomic E-state index is 0. The lowest BCUT2D eigenvalue weighted by atomic mass is 9.85. The SMILES string of the molecule is Cl.c1coc(-c2ccccc2CCCCC2CCCCC2)c1. The second-order valence-electron chi connectivity index (χ2n) is 6.38. The number of halogens is 1. The lowest BCUT2D eigenvalue weighted by molar-refractivity contribution is 0.330. The van der Waals surface area contributed by atoms with Crippen LogP contribution in [0.25, 0.3) is 11.3 Å². The maximum atomic E-state index is 5.56. The van der Waals surface area contributed by atoms with Crippen molar-refractivity contribution in [2.24, 2.45) is 5.92 Å². The summed E-state index contributed by atoms with van der Waals surface area (Å²) in [5.41, 5.74) is 2.69. The van der Waals surface area contributed by atoms with Crippen molar-refractivity contribution in [2.75, 3.05) is 0 Å². The zero-order chi connectivity index (χ0) is 14.3. The van der Waals surface area contributed by atoms with Crippen LogP contribution in [-0.2, 0) is 6.42 Å². The molecule has 1 saturated carbocycles. The largest absolute Gasteiger partial charge is 0.464 e. The van der Waals surface area contributed by atoms with Gasteiger partial charge in [0.1, 0.15) is 5.76 Å². The van der Waals surface area contributed by atoms with E-state index >= 15 is 0 Å². The molecule has 0 spiro atoms. The number of benzene rings is 1. The maximum Gasteiger partial charge on any atom is 0.134 e. The molecule has 1 aliphatic rings. The van der Waals surface area contributed by atoms with E-state index in [0.29, 0.717) is 0 Å². The zero-order valence-corrected chi connectivity index (χ0v) is 14.1. The van der Waals surface area contributed by atoms with Gasteiger partial charge in [0.15, 0.2) is 0 Å². The molecule has 1 heterocycles. The summed E-state index contributed by atoms with van der Waals surface area (Å²) in [6.07, 6.45) is 14.4. The molecule has 120 valence electrons. The van der Waals surface area contributed by atoms with Crippen molar-refractivity contribution in [3.8, 4) is 11.3 Å². The fourth-order valence-electron chi connectivity index (χ4n) is 3.63. The van der Waals surface area contributed by atoms with Gasteiger partial charge in [0.2, 0.25) is 0 Å². The molecule has 1 aromatic carbocycles. The fourth-order valence-corrected chi connectivity index (χ4v) is 3.63. The minimum Gasteiger partial charge on any atom is -0.464 e. The van der Waals surface area contributed by atoms with Crippen molar-refractivity contribution in [3.63, 3.8) is 0 Å². The number of furan rings is 1. The summed E-state index contributed by atoms with van der Waals surface area (Å²) in [4.78, 5) is 0. The van der Waals surface area contributed by atoms with Gasteiger partial charge in [-0.15, -0.1) is 12.4 Å². The molecule has 1 aliphatic carbocycles. The van der Waals surface area contributed by atoms with Gasteiger partial charge >= 0.3 is 0 Å². The van der Waals surface area contributed by atoms with E-state index in [-0.39, 0.29) is 12.4 Å². The van der Waals surface area contributed by atoms with E-state index in [1.807, 2.05) is 6.07 Å². The minimum atomic E-state index is 0. The van der Waals surface area contributed by atoms with E-state index < -0.39 is 0 Å². The third-order valence-corrected chi connectivity index (χ3v) is 4.84. The van der Waals surface area contributed by atoms with Crippen LogP contribution in [-0.4, -0.2) is 0 Å². The van der Waals surface area contributed by atoms with Gasteiger partial charge in [0, 0.05) is 5.56 Å². The average molecular weight is 319 g/mol. The van der Waals surface area contributed by atoms with Gasteiger partial charge in [-0.3, -0.25) is 0 Å². The fraction of sp³-hybridized carbons (Fsp3) is 0.500. The Labute approximate surface area is 140 Å². The van der Waals surface area contributed by atoms with Crippen LogP contribution in [0.4, 0.5) is 0 Å². The molecule has 0 atom stereocenters. The Kier molecular flexibility index (Phi) is 7.05. The third kappa shape index (κ3) is 4.64.